The normalized spacial score (nSPS) is 22.8. The monoisotopic (exact) mass is 300 g/mol. The van der Waals surface area contributed by atoms with Gasteiger partial charge in [-0.2, -0.15) is 0 Å². The van der Waals surface area contributed by atoms with Gasteiger partial charge >= 0.3 is 0 Å². The van der Waals surface area contributed by atoms with E-state index < -0.39 is 0 Å². The SMILES string of the molecule is CCCCc1cc(O)c2c(c1)OC(C)(C)C1=C2CC(C)CC1. The Hall–Kier alpha value is -1.44. The zero-order valence-corrected chi connectivity index (χ0v) is 14.3. The molecule has 0 saturated carbocycles. The van der Waals surface area contributed by atoms with Gasteiger partial charge in [-0.3, -0.25) is 0 Å². The van der Waals surface area contributed by atoms with Crippen LogP contribution in [0.3, 0.4) is 0 Å². The van der Waals surface area contributed by atoms with Crippen LogP contribution >= 0.6 is 0 Å². The molecule has 3 rings (SSSR count). The highest BCUT2D eigenvalue weighted by Gasteiger charge is 2.38. The Labute approximate surface area is 134 Å². The standard InChI is InChI=1S/C20H28O2/c1-5-6-7-14-11-17(21)19-15-10-13(2)8-9-16(15)20(3,4)22-18(19)12-14/h11-13,21H,5-10H2,1-4H3. The van der Waals surface area contributed by atoms with Gasteiger partial charge in [-0.05, 0) is 80.7 Å². The van der Waals surface area contributed by atoms with E-state index in [1.54, 1.807) is 0 Å². The Bertz CT molecular complexity index is 610. The molecular weight excluding hydrogens is 272 g/mol. The fourth-order valence-electron chi connectivity index (χ4n) is 3.93. The summed E-state index contributed by atoms with van der Waals surface area (Å²) in [5, 5.41) is 10.6. The van der Waals surface area contributed by atoms with Crippen LogP contribution in [-0.4, -0.2) is 10.7 Å². The summed E-state index contributed by atoms with van der Waals surface area (Å²) in [6.07, 6.45) is 6.67. The molecule has 0 saturated heterocycles. The van der Waals surface area contributed by atoms with E-state index in [0.717, 1.165) is 43.4 Å². The number of ether oxygens (including phenoxy) is 1. The summed E-state index contributed by atoms with van der Waals surface area (Å²) in [5.74, 6) is 1.96. The number of benzene rings is 1. The molecule has 0 radical (unpaired) electrons. The molecule has 0 aromatic heterocycles. The van der Waals surface area contributed by atoms with E-state index in [1.807, 2.05) is 6.07 Å². The smallest absolute Gasteiger partial charge is 0.132 e. The van der Waals surface area contributed by atoms with Gasteiger partial charge in [0.15, 0.2) is 0 Å². The largest absolute Gasteiger partial charge is 0.507 e. The first-order valence-corrected chi connectivity index (χ1v) is 8.70. The highest BCUT2D eigenvalue weighted by atomic mass is 16.5. The molecule has 1 aromatic rings. The molecule has 1 N–H and O–H groups in total. The second kappa shape index (κ2) is 5.64. The average Bonchev–Trinajstić information content (AvgIpc) is 2.43. The topological polar surface area (TPSA) is 29.5 Å². The Balaban J connectivity index is 2.09. The van der Waals surface area contributed by atoms with E-state index in [1.165, 1.54) is 23.1 Å². The number of hydrogen-bond acceptors (Lipinski definition) is 2. The summed E-state index contributed by atoms with van der Waals surface area (Å²) in [6, 6.07) is 4.09. The van der Waals surface area contributed by atoms with Crippen LogP contribution in [0.4, 0.5) is 0 Å². The summed E-state index contributed by atoms with van der Waals surface area (Å²) in [7, 11) is 0. The van der Waals surface area contributed by atoms with E-state index in [4.69, 9.17) is 4.74 Å². The van der Waals surface area contributed by atoms with Crippen LogP contribution in [-0.2, 0) is 6.42 Å². The van der Waals surface area contributed by atoms with Crippen molar-refractivity contribution < 1.29 is 9.84 Å². The molecule has 22 heavy (non-hydrogen) atoms. The molecule has 1 unspecified atom stereocenters. The lowest BCUT2D eigenvalue weighted by molar-refractivity contribution is 0.135. The van der Waals surface area contributed by atoms with Gasteiger partial charge in [-0.1, -0.05) is 20.3 Å². The van der Waals surface area contributed by atoms with Crippen molar-refractivity contribution in [3.63, 3.8) is 0 Å². The molecular formula is C20H28O2. The molecule has 0 bridgehead atoms. The predicted molar refractivity (Wildman–Crippen MR) is 91.4 cm³/mol. The Morgan fingerprint density at radius 2 is 2.09 bits per heavy atom. The minimum Gasteiger partial charge on any atom is -0.507 e. The molecule has 1 heterocycles. The zero-order chi connectivity index (χ0) is 15.9. The highest BCUT2D eigenvalue weighted by Crippen LogP contribution is 2.51. The Kier molecular flexibility index (Phi) is 3.96. The Morgan fingerprint density at radius 1 is 1.32 bits per heavy atom. The number of allylic oxidation sites excluding steroid dienone is 1. The first kappa shape index (κ1) is 15.5. The number of fused-ring (bicyclic) bond motifs is 2. The number of aryl methyl sites for hydroxylation is 1. The first-order chi connectivity index (χ1) is 10.4. The molecule has 0 fully saturated rings. The van der Waals surface area contributed by atoms with Crippen molar-refractivity contribution in [2.45, 2.75) is 71.8 Å². The summed E-state index contributed by atoms with van der Waals surface area (Å²) >= 11 is 0. The van der Waals surface area contributed by atoms with Crippen molar-refractivity contribution in [3.05, 3.63) is 28.8 Å². The third-order valence-corrected chi connectivity index (χ3v) is 5.16. The number of phenols is 1. The van der Waals surface area contributed by atoms with Crippen LogP contribution in [0.5, 0.6) is 11.5 Å². The summed E-state index contributed by atoms with van der Waals surface area (Å²) in [4.78, 5) is 0. The maximum absolute atomic E-state index is 10.6. The number of rotatable bonds is 3. The molecule has 0 spiro atoms. The Morgan fingerprint density at radius 3 is 2.82 bits per heavy atom. The van der Waals surface area contributed by atoms with Gasteiger partial charge in [0.2, 0.25) is 0 Å². The maximum atomic E-state index is 10.6. The van der Waals surface area contributed by atoms with Crippen molar-refractivity contribution >= 4 is 5.57 Å². The molecule has 2 nitrogen and oxygen atoms in total. The second-order valence-corrected chi connectivity index (χ2v) is 7.51. The lowest BCUT2D eigenvalue weighted by Crippen LogP contribution is -2.36. The molecule has 1 atom stereocenters. The van der Waals surface area contributed by atoms with Crippen molar-refractivity contribution in [2.24, 2.45) is 5.92 Å². The van der Waals surface area contributed by atoms with Gasteiger partial charge in [-0.15, -0.1) is 0 Å². The minimum absolute atomic E-state index is 0.252. The van der Waals surface area contributed by atoms with Crippen molar-refractivity contribution in [1.82, 2.24) is 0 Å². The quantitative estimate of drug-likeness (QED) is 0.801. The maximum Gasteiger partial charge on any atom is 0.132 e. The van der Waals surface area contributed by atoms with Crippen LogP contribution < -0.4 is 4.74 Å². The van der Waals surface area contributed by atoms with Gasteiger partial charge in [0.05, 0.1) is 5.56 Å². The molecule has 1 aliphatic heterocycles. The lowest BCUT2D eigenvalue weighted by Gasteiger charge is -2.41. The van der Waals surface area contributed by atoms with Crippen LogP contribution in [0.2, 0.25) is 0 Å². The number of aromatic hydroxyl groups is 1. The lowest BCUT2D eigenvalue weighted by atomic mass is 9.74. The third-order valence-electron chi connectivity index (χ3n) is 5.16. The van der Waals surface area contributed by atoms with Crippen LogP contribution in [0, 0.1) is 5.92 Å². The van der Waals surface area contributed by atoms with Crippen molar-refractivity contribution in [1.29, 1.82) is 0 Å². The molecule has 2 heteroatoms. The third kappa shape index (κ3) is 2.64. The minimum atomic E-state index is -0.252. The summed E-state index contributed by atoms with van der Waals surface area (Å²) < 4.78 is 6.31. The fraction of sp³-hybridized carbons (Fsp3) is 0.600. The predicted octanol–water partition coefficient (Wildman–Crippen LogP) is 5.48. The van der Waals surface area contributed by atoms with Crippen LogP contribution in [0.25, 0.3) is 5.57 Å². The van der Waals surface area contributed by atoms with E-state index in [2.05, 4.69) is 33.8 Å². The number of hydrogen-bond donors (Lipinski definition) is 1. The van der Waals surface area contributed by atoms with Crippen molar-refractivity contribution in [2.75, 3.05) is 0 Å². The molecule has 1 aromatic carbocycles. The molecule has 2 aliphatic rings. The number of unbranched alkanes of at least 4 members (excludes halogenated alkanes) is 1. The average molecular weight is 300 g/mol. The summed E-state index contributed by atoms with van der Waals surface area (Å²) in [6.45, 7) is 8.82. The number of phenolic OH excluding ortho intramolecular Hbond substituents is 1. The highest BCUT2D eigenvalue weighted by molar-refractivity contribution is 5.81. The van der Waals surface area contributed by atoms with Gasteiger partial charge in [0.25, 0.3) is 0 Å². The van der Waals surface area contributed by atoms with E-state index in [9.17, 15) is 5.11 Å². The second-order valence-electron chi connectivity index (χ2n) is 7.51. The van der Waals surface area contributed by atoms with Crippen molar-refractivity contribution in [3.8, 4) is 11.5 Å². The van der Waals surface area contributed by atoms with Crippen LogP contribution in [0.1, 0.15) is 70.9 Å². The van der Waals surface area contributed by atoms with E-state index >= 15 is 0 Å². The van der Waals surface area contributed by atoms with Gasteiger partial charge in [0, 0.05) is 0 Å². The van der Waals surface area contributed by atoms with Gasteiger partial charge in [-0.25, -0.2) is 0 Å². The molecule has 120 valence electrons. The van der Waals surface area contributed by atoms with E-state index in [0.29, 0.717) is 11.7 Å². The zero-order valence-electron chi connectivity index (χ0n) is 14.3. The fourth-order valence-corrected chi connectivity index (χ4v) is 3.93. The van der Waals surface area contributed by atoms with Gasteiger partial charge in [0.1, 0.15) is 17.1 Å². The van der Waals surface area contributed by atoms with Gasteiger partial charge < -0.3 is 9.84 Å². The molecule has 1 aliphatic carbocycles. The van der Waals surface area contributed by atoms with E-state index in [-0.39, 0.29) is 5.60 Å². The summed E-state index contributed by atoms with van der Waals surface area (Å²) in [5.41, 5.74) is 4.61. The first-order valence-electron chi connectivity index (χ1n) is 8.70. The van der Waals surface area contributed by atoms with Crippen LogP contribution in [0.15, 0.2) is 17.7 Å². The molecule has 0 amide bonds.